The fraction of sp³-hybridized carbons (Fsp3) is 0.562. The van der Waals surface area contributed by atoms with Crippen molar-refractivity contribution < 1.29 is 4.74 Å². The highest BCUT2D eigenvalue weighted by Gasteiger charge is 2.14. The summed E-state index contributed by atoms with van der Waals surface area (Å²) in [6, 6.07) is 6.12. The molecule has 108 valence electrons. The first-order valence-electron chi connectivity index (χ1n) is 7.55. The average molecular weight is 273 g/mol. The van der Waals surface area contributed by atoms with Crippen molar-refractivity contribution in [3.05, 3.63) is 24.0 Å². The summed E-state index contributed by atoms with van der Waals surface area (Å²) in [5, 5.41) is 3.38. The Hall–Kier alpha value is -1.55. The predicted octanol–water partition coefficient (Wildman–Crippen LogP) is 3.06. The predicted molar refractivity (Wildman–Crippen MR) is 81.3 cm³/mol. The largest absolute Gasteiger partial charge is 0.493 e. The highest BCUT2D eigenvalue weighted by atomic mass is 16.5. The van der Waals surface area contributed by atoms with Gasteiger partial charge in [-0.05, 0) is 44.0 Å². The molecule has 2 N–H and O–H groups in total. The summed E-state index contributed by atoms with van der Waals surface area (Å²) in [6.45, 7) is 7.34. The lowest BCUT2D eigenvalue weighted by molar-refractivity contribution is 0.215. The molecule has 0 unspecified atom stereocenters. The number of hydrogen-bond acceptors (Lipinski definition) is 3. The van der Waals surface area contributed by atoms with E-state index >= 15 is 0 Å². The number of benzene rings is 1. The van der Waals surface area contributed by atoms with Crippen molar-refractivity contribution in [2.24, 2.45) is 5.92 Å². The normalized spacial score (nSPS) is 16.9. The Morgan fingerprint density at radius 1 is 1.30 bits per heavy atom. The van der Waals surface area contributed by atoms with Crippen LogP contribution in [0.4, 0.5) is 0 Å². The van der Waals surface area contributed by atoms with E-state index in [0.29, 0.717) is 11.8 Å². The molecule has 0 atom stereocenters. The zero-order chi connectivity index (χ0) is 13.9. The molecule has 4 heteroatoms. The monoisotopic (exact) mass is 273 g/mol. The highest BCUT2D eigenvalue weighted by Crippen LogP contribution is 2.23. The van der Waals surface area contributed by atoms with Crippen molar-refractivity contribution in [3.8, 4) is 5.75 Å². The minimum Gasteiger partial charge on any atom is -0.493 e. The maximum absolute atomic E-state index is 5.95. The molecule has 20 heavy (non-hydrogen) atoms. The Bertz CT molecular complexity index is 570. The molecule has 0 bridgehead atoms. The first-order chi connectivity index (χ1) is 9.72. The van der Waals surface area contributed by atoms with Gasteiger partial charge < -0.3 is 15.0 Å². The number of imidazole rings is 1. The lowest BCUT2D eigenvalue weighted by Crippen LogP contribution is -2.30. The van der Waals surface area contributed by atoms with Gasteiger partial charge in [-0.25, -0.2) is 4.98 Å². The molecule has 3 rings (SSSR count). The lowest BCUT2D eigenvalue weighted by atomic mass is 9.99. The Kier molecular flexibility index (Phi) is 3.92. The van der Waals surface area contributed by atoms with E-state index in [0.717, 1.165) is 42.3 Å². The molecule has 4 nitrogen and oxygen atoms in total. The fourth-order valence-electron chi connectivity index (χ4n) is 2.63. The van der Waals surface area contributed by atoms with Crippen LogP contribution in [-0.2, 0) is 0 Å². The maximum atomic E-state index is 5.95. The van der Waals surface area contributed by atoms with Gasteiger partial charge in [-0.2, -0.15) is 0 Å². The summed E-state index contributed by atoms with van der Waals surface area (Å²) in [5.74, 6) is 3.08. The van der Waals surface area contributed by atoms with Crippen LogP contribution in [0.2, 0.25) is 0 Å². The summed E-state index contributed by atoms with van der Waals surface area (Å²) < 4.78 is 5.95. The molecule has 2 aromatic rings. The van der Waals surface area contributed by atoms with Crippen molar-refractivity contribution in [1.82, 2.24) is 15.3 Å². The summed E-state index contributed by atoms with van der Waals surface area (Å²) in [5.41, 5.74) is 2.08. The number of piperidine rings is 1. The molecular formula is C16H23N3O. The Balaban J connectivity index is 1.68. The van der Waals surface area contributed by atoms with Gasteiger partial charge in [0.25, 0.3) is 0 Å². The number of ether oxygens (including phenoxy) is 1. The van der Waals surface area contributed by atoms with Crippen LogP contribution in [0.1, 0.15) is 38.4 Å². The van der Waals surface area contributed by atoms with Gasteiger partial charge in [0.05, 0.1) is 17.6 Å². The zero-order valence-electron chi connectivity index (χ0n) is 12.3. The van der Waals surface area contributed by atoms with E-state index in [2.05, 4.69) is 35.2 Å². The van der Waals surface area contributed by atoms with E-state index in [1.807, 2.05) is 12.1 Å². The minimum absolute atomic E-state index is 0.418. The van der Waals surface area contributed by atoms with Crippen LogP contribution in [0, 0.1) is 5.92 Å². The number of hydrogen-bond donors (Lipinski definition) is 2. The smallest absolute Gasteiger partial charge is 0.121 e. The van der Waals surface area contributed by atoms with Crippen LogP contribution in [0.15, 0.2) is 18.2 Å². The third-order valence-electron chi connectivity index (χ3n) is 3.96. The summed E-state index contributed by atoms with van der Waals surface area (Å²) in [6.07, 6.45) is 2.42. The maximum Gasteiger partial charge on any atom is 0.121 e. The number of nitrogens with zero attached hydrogens (tertiary/aromatic N) is 1. The molecule has 1 fully saturated rings. The van der Waals surface area contributed by atoms with E-state index in [-0.39, 0.29) is 0 Å². The van der Waals surface area contributed by atoms with Gasteiger partial charge in [0.15, 0.2) is 0 Å². The molecule has 1 saturated heterocycles. The summed E-state index contributed by atoms with van der Waals surface area (Å²) >= 11 is 0. The highest BCUT2D eigenvalue weighted by molar-refractivity contribution is 5.76. The van der Waals surface area contributed by atoms with Crippen LogP contribution < -0.4 is 10.1 Å². The number of rotatable bonds is 4. The quantitative estimate of drug-likeness (QED) is 0.900. The lowest BCUT2D eigenvalue weighted by Gasteiger charge is -2.22. The van der Waals surface area contributed by atoms with E-state index in [4.69, 9.17) is 4.74 Å². The molecule has 0 radical (unpaired) electrons. The standard InChI is InChI=1S/C16H23N3O/c1-11(2)16-18-14-4-3-13(9-15(14)19-16)20-10-12-5-7-17-8-6-12/h3-4,9,11-12,17H,5-8,10H2,1-2H3,(H,18,19). The molecule has 0 aliphatic carbocycles. The van der Waals surface area contributed by atoms with Crippen molar-refractivity contribution in [2.45, 2.75) is 32.6 Å². The van der Waals surface area contributed by atoms with Crippen molar-refractivity contribution >= 4 is 11.0 Å². The molecule has 1 aliphatic rings. The zero-order valence-corrected chi connectivity index (χ0v) is 12.3. The number of fused-ring (bicyclic) bond motifs is 1. The summed E-state index contributed by atoms with van der Waals surface area (Å²) in [7, 11) is 0. The van der Waals surface area contributed by atoms with Gasteiger partial charge in [-0.1, -0.05) is 13.8 Å². The number of aromatic nitrogens is 2. The Labute approximate surface area is 119 Å². The minimum atomic E-state index is 0.418. The number of nitrogens with one attached hydrogen (secondary N) is 2. The first-order valence-corrected chi connectivity index (χ1v) is 7.55. The van der Waals surface area contributed by atoms with Gasteiger partial charge in [-0.3, -0.25) is 0 Å². The van der Waals surface area contributed by atoms with Crippen LogP contribution in [0.3, 0.4) is 0 Å². The molecule has 0 amide bonds. The number of aromatic amines is 1. The van der Waals surface area contributed by atoms with Gasteiger partial charge in [0, 0.05) is 12.0 Å². The van der Waals surface area contributed by atoms with Gasteiger partial charge in [0.2, 0.25) is 0 Å². The topological polar surface area (TPSA) is 49.9 Å². The molecule has 1 aromatic heterocycles. The number of H-pyrrole nitrogens is 1. The second kappa shape index (κ2) is 5.83. The van der Waals surface area contributed by atoms with Crippen LogP contribution in [0.25, 0.3) is 11.0 Å². The van der Waals surface area contributed by atoms with E-state index < -0.39 is 0 Å². The van der Waals surface area contributed by atoms with Gasteiger partial charge >= 0.3 is 0 Å². The molecule has 1 aromatic carbocycles. The Morgan fingerprint density at radius 2 is 2.10 bits per heavy atom. The van der Waals surface area contributed by atoms with E-state index in [1.165, 1.54) is 12.8 Å². The molecular weight excluding hydrogens is 250 g/mol. The molecule has 0 saturated carbocycles. The third-order valence-corrected chi connectivity index (χ3v) is 3.96. The first kappa shape index (κ1) is 13.4. The second-order valence-electron chi connectivity index (χ2n) is 5.96. The van der Waals surface area contributed by atoms with Crippen molar-refractivity contribution in [1.29, 1.82) is 0 Å². The van der Waals surface area contributed by atoms with Crippen LogP contribution in [0.5, 0.6) is 5.75 Å². The van der Waals surface area contributed by atoms with E-state index in [1.54, 1.807) is 0 Å². The van der Waals surface area contributed by atoms with Gasteiger partial charge in [0.1, 0.15) is 11.6 Å². The average Bonchev–Trinajstić information content (AvgIpc) is 2.89. The third kappa shape index (κ3) is 2.96. The summed E-state index contributed by atoms with van der Waals surface area (Å²) in [4.78, 5) is 7.96. The second-order valence-corrected chi connectivity index (χ2v) is 5.96. The van der Waals surface area contributed by atoms with Gasteiger partial charge in [-0.15, -0.1) is 0 Å². The van der Waals surface area contributed by atoms with Crippen molar-refractivity contribution in [2.75, 3.05) is 19.7 Å². The van der Waals surface area contributed by atoms with Crippen LogP contribution in [-0.4, -0.2) is 29.7 Å². The van der Waals surface area contributed by atoms with Crippen LogP contribution >= 0.6 is 0 Å². The Morgan fingerprint density at radius 3 is 2.85 bits per heavy atom. The van der Waals surface area contributed by atoms with Crippen molar-refractivity contribution in [3.63, 3.8) is 0 Å². The molecule has 2 heterocycles. The molecule has 0 spiro atoms. The fourth-order valence-corrected chi connectivity index (χ4v) is 2.63. The van der Waals surface area contributed by atoms with E-state index in [9.17, 15) is 0 Å². The molecule has 1 aliphatic heterocycles. The SMILES string of the molecule is CC(C)c1nc2ccc(OCC3CCNCC3)cc2[nH]1.